The van der Waals surface area contributed by atoms with Crippen molar-refractivity contribution in [3.63, 3.8) is 0 Å². The zero-order valence-corrected chi connectivity index (χ0v) is 10.5. The summed E-state index contributed by atoms with van der Waals surface area (Å²) < 4.78 is 13.4. The number of nitrogens with one attached hydrogen (secondary N) is 1. The second-order valence-electron chi connectivity index (χ2n) is 4.14. The van der Waals surface area contributed by atoms with E-state index in [0.29, 0.717) is 6.29 Å². The molecule has 0 saturated carbocycles. The van der Waals surface area contributed by atoms with Crippen LogP contribution < -0.4 is 5.32 Å². The van der Waals surface area contributed by atoms with Gasteiger partial charge in [0.05, 0.1) is 11.7 Å². The molecule has 0 aliphatic heterocycles. The molecule has 1 aromatic rings. The van der Waals surface area contributed by atoms with E-state index in [1.807, 2.05) is 0 Å². The molecule has 1 aromatic carbocycles. The van der Waals surface area contributed by atoms with Gasteiger partial charge in [-0.15, -0.1) is 0 Å². The molecule has 0 spiro atoms. The molecule has 0 bridgehead atoms. The third kappa shape index (κ3) is 4.11. The topological polar surface area (TPSA) is 86.6 Å². The fourth-order valence-electron chi connectivity index (χ4n) is 1.70. The predicted molar refractivity (Wildman–Crippen MR) is 66.1 cm³/mol. The van der Waals surface area contributed by atoms with Crippen molar-refractivity contribution in [1.82, 2.24) is 5.32 Å². The van der Waals surface area contributed by atoms with Crippen LogP contribution in [-0.4, -0.2) is 35.1 Å². The predicted octanol–water partition coefficient (Wildman–Crippen LogP) is 0.559. The summed E-state index contributed by atoms with van der Waals surface area (Å²) in [5.41, 5.74) is -0.237. The molecule has 19 heavy (non-hydrogen) atoms. The van der Waals surface area contributed by atoms with Crippen LogP contribution in [0.3, 0.4) is 0 Å². The first-order valence-electron chi connectivity index (χ1n) is 5.81. The maximum Gasteiger partial charge on any atom is 0.216 e. The highest BCUT2D eigenvalue weighted by Gasteiger charge is 2.22. The molecule has 0 fully saturated rings. The van der Waals surface area contributed by atoms with Gasteiger partial charge in [0.15, 0.2) is 6.29 Å². The maximum absolute atomic E-state index is 13.4. The molecule has 2 unspecified atom stereocenters. The first-order chi connectivity index (χ1) is 8.97. The summed E-state index contributed by atoms with van der Waals surface area (Å²) in [6.07, 6.45) is -2.19. The zero-order chi connectivity index (χ0) is 14.4. The standard InChI is InChI=1S/C13H16FNO4/c1-8(17)15-6-5-12(18)13(19)9-3-2-4-11(14)10(9)7-16/h2-4,7,12-13,18-19H,5-6H2,1H3,(H,15,17). The summed E-state index contributed by atoms with van der Waals surface area (Å²) in [5, 5.41) is 22.1. The minimum Gasteiger partial charge on any atom is -0.390 e. The SMILES string of the molecule is CC(=O)NCCC(O)C(O)c1cccc(F)c1C=O. The Morgan fingerprint density at radius 1 is 1.47 bits per heavy atom. The second-order valence-corrected chi connectivity index (χ2v) is 4.14. The molecular formula is C13H16FNO4. The first-order valence-corrected chi connectivity index (χ1v) is 5.81. The van der Waals surface area contributed by atoms with Crippen LogP contribution in [0.15, 0.2) is 18.2 Å². The van der Waals surface area contributed by atoms with Gasteiger partial charge in [-0.25, -0.2) is 4.39 Å². The van der Waals surface area contributed by atoms with Crippen molar-refractivity contribution < 1.29 is 24.2 Å². The Morgan fingerprint density at radius 2 is 2.16 bits per heavy atom. The number of aldehydes is 1. The third-order valence-corrected chi connectivity index (χ3v) is 2.70. The largest absolute Gasteiger partial charge is 0.390 e. The van der Waals surface area contributed by atoms with Crippen molar-refractivity contribution in [2.75, 3.05) is 6.54 Å². The van der Waals surface area contributed by atoms with Gasteiger partial charge in [0.1, 0.15) is 11.9 Å². The van der Waals surface area contributed by atoms with Crippen LogP contribution in [0.4, 0.5) is 4.39 Å². The minimum atomic E-state index is -1.38. The summed E-state index contributed by atoms with van der Waals surface area (Å²) in [6, 6.07) is 3.82. The molecule has 0 saturated heterocycles. The maximum atomic E-state index is 13.4. The quantitative estimate of drug-likeness (QED) is 0.658. The molecule has 0 aliphatic rings. The molecule has 6 heteroatoms. The number of rotatable bonds is 6. The third-order valence-electron chi connectivity index (χ3n) is 2.70. The van der Waals surface area contributed by atoms with Crippen molar-refractivity contribution in [2.24, 2.45) is 0 Å². The van der Waals surface area contributed by atoms with Crippen LogP contribution >= 0.6 is 0 Å². The van der Waals surface area contributed by atoms with E-state index in [0.717, 1.165) is 6.07 Å². The fourth-order valence-corrected chi connectivity index (χ4v) is 1.70. The number of amides is 1. The molecule has 0 aliphatic carbocycles. The monoisotopic (exact) mass is 269 g/mol. The molecular weight excluding hydrogens is 253 g/mol. The van der Waals surface area contributed by atoms with Gasteiger partial charge in [-0.05, 0) is 18.1 Å². The lowest BCUT2D eigenvalue weighted by Gasteiger charge is -2.19. The molecule has 3 N–H and O–H groups in total. The van der Waals surface area contributed by atoms with Crippen LogP contribution in [0, 0.1) is 5.82 Å². The summed E-state index contributed by atoms with van der Waals surface area (Å²) >= 11 is 0. The van der Waals surface area contributed by atoms with E-state index in [-0.39, 0.29) is 30.0 Å². The van der Waals surface area contributed by atoms with Gasteiger partial charge in [-0.3, -0.25) is 9.59 Å². The lowest BCUT2D eigenvalue weighted by molar-refractivity contribution is -0.119. The highest BCUT2D eigenvalue weighted by atomic mass is 19.1. The van der Waals surface area contributed by atoms with E-state index in [2.05, 4.69) is 5.32 Å². The summed E-state index contributed by atoms with van der Waals surface area (Å²) in [5.74, 6) is -0.998. The van der Waals surface area contributed by atoms with Gasteiger partial charge in [-0.1, -0.05) is 12.1 Å². The van der Waals surface area contributed by atoms with Gasteiger partial charge in [-0.2, -0.15) is 0 Å². The molecule has 0 radical (unpaired) electrons. The summed E-state index contributed by atoms with van der Waals surface area (Å²) in [6.45, 7) is 1.51. The van der Waals surface area contributed by atoms with Crippen molar-refractivity contribution >= 4 is 12.2 Å². The van der Waals surface area contributed by atoms with Gasteiger partial charge in [0.25, 0.3) is 0 Å². The smallest absolute Gasteiger partial charge is 0.216 e. The van der Waals surface area contributed by atoms with Crippen LogP contribution in [0.5, 0.6) is 0 Å². The Morgan fingerprint density at radius 3 is 2.74 bits per heavy atom. The molecule has 104 valence electrons. The summed E-state index contributed by atoms with van der Waals surface area (Å²) in [7, 11) is 0. The van der Waals surface area contributed by atoms with E-state index in [9.17, 15) is 24.2 Å². The molecule has 1 amide bonds. The van der Waals surface area contributed by atoms with Gasteiger partial charge in [0.2, 0.25) is 5.91 Å². The van der Waals surface area contributed by atoms with E-state index in [1.165, 1.54) is 19.1 Å². The molecule has 0 aromatic heterocycles. The second kappa shape index (κ2) is 6.96. The van der Waals surface area contributed by atoms with Crippen molar-refractivity contribution in [3.05, 3.63) is 35.1 Å². The fraction of sp³-hybridized carbons (Fsp3) is 0.385. The van der Waals surface area contributed by atoms with E-state index in [4.69, 9.17) is 0 Å². The van der Waals surface area contributed by atoms with Crippen LogP contribution in [0.25, 0.3) is 0 Å². The molecule has 5 nitrogen and oxygen atoms in total. The number of halogens is 1. The van der Waals surface area contributed by atoms with E-state index in [1.54, 1.807) is 0 Å². The van der Waals surface area contributed by atoms with Crippen LogP contribution in [0.1, 0.15) is 35.4 Å². The first kappa shape index (κ1) is 15.3. The Balaban J connectivity index is 2.76. The Bertz CT molecular complexity index is 464. The number of benzene rings is 1. The van der Waals surface area contributed by atoms with E-state index >= 15 is 0 Å². The number of aliphatic hydroxyl groups is 2. The van der Waals surface area contributed by atoms with Gasteiger partial charge in [0, 0.05) is 13.5 Å². The highest BCUT2D eigenvalue weighted by molar-refractivity contribution is 5.78. The number of carbonyl (C=O) groups is 2. The minimum absolute atomic E-state index is 0.0327. The lowest BCUT2D eigenvalue weighted by atomic mass is 9.97. The van der Waals surface area contributed by atoms with Gasteiger partial charge < -0.3 is 15.5 Å². The normalized spacial score (nSPS) is 13.7. The molecule has 2 atom stereocenters. The number of carbonyl (C=O) groups excluding carboxylic acids is 2. The number of hydrogen-bond donors (Lipinski definition) is 3. The molecule has 0 heterocycles. The Labute approximate surface area is 110 Å². The number of aliphatic hydroxyl groups excluding tert-OH is 2. The average molecular weight is 269 g/mol. The average Bonchev–Trinajstić information content (AvgIpc) is 2.37. The zero-order valence-electron chi connectivity index (χ0n) is 10.5. The van der Waals surface area contributed by atoms with Gasteiger partial charge >= 0.3 is 0 Å². The lowest BCUT2D eigenvalue weighted by Crippen LogP contribution is -2.28. The highest BCUT2D eigenvalue weighted by Crippen LogP contribution is 2.23. The van der Waals surface area contributed by atoms with Crippen molar-refractivity contribution in [3.8, 4) is 0 Å². The van der Waals surface area contributed by atoms with Crippen LogP contribution in [0.2, 0.25) is 0 Å². The summed E-state index contributed by atoms with van der Waals surface area (Å²) in [4.78, 5) is 21.4. The van der Waals surface area contributed by atoms with Crippen molar-refractivity contribution in [2.45, 2.75) is 25.6 Å². The molecule has 1 rings (SSSR count). The van der Waals surface area contributed by atoms with E-state index < -0.39 is 18.0 Å². The Hall–Kier alpha value is -1.79. The Kier molecular flexibility index (Phi) is 5.59. The van der Waals surface area contributed by atoms with Crippen molar-refractivity contribution in [1.29, 1.82) is 0 Å². The number of hydrogen-bond acceptors (Lipinski definition) is 4. The van der Waals surface area contributed by atoms with Crippen LogP contribution in [-0.2, 0) is 4.79 Å².